The molecule has 0 aliphatic carbocycles. The van der Waals surface area contributed by atoms with Crippen molar-refractivity contribution in [2.45, 2.75) is 51.7 Å². The van der Waals surface area contributed by atoms with Gasteiger partial charge in [0.1, 0.15) is 17.2 Å². The van der Waals surface area contributed by atoms with Crippen molar-refractivity contribution in [1.82, 2.24) is 15.2 Å². The van der Waals surface area contributed by atoms with Crippen LogP contribution in [0.2, 0.25) is 0 Å². The van der Waals surface area contributed by atoms with Gasteiger partial charge >= 0.3 is 0 Å². The lowest BCUT2D eigenvalue weighted by atomic mass is 9.97. The number of likely N-dealkylation sites (tertiary alicyclic amines) is 1. The number of rotatable bonds is 8. The Hall–Kier alpha value is -3.39. The molecule has 0 spiro atoms. The summed E-state index contributed by atoms with van der Waals surface area (Å²) in [4.78, 5) is 32.3. The van der Waals surface area contributed by atoms with Crippen LogP contribution in [0.3, 0.4) is 0 Å². The van der Waals surface area contributed by atoms with Crippen molar-refractivity contribution in [3.05, 3.63) is 75.7 Å². The van der Waals surface area contributed by atoms with Crippen LogP contribution in [0.25, 0.3) is 0 Å². The molecule has 1 aliphatic rings. The fraction of sp³-hybridized carbons (Fsp3) is 0.393. The van der Waals surface area contributed by atoms with Crippen LogP contribution in [0.4, 0.5) is 0 Å². The number of carbonyl (C=O) groups excluding carboxylic acids is 2. The largest absolute Gasteiger partial charge is 0.497 e. The molecule has 0 radical (unpaired) electrons. The minimum Gasteiger partial charge on any atom is -0.497 e. The van der Waals surface area contributed by atoms with Crippen LogP contribution < -0.4 is 14.8 Å². The molecule has 7 nitrogen and oxygen atoms in total. The van der Waals surface area contributed by atoms with Gasteiger partial charge in [0.15, 0.2) is 0 Å². The average Bonchev–Trinajstić information content (AvgIpc) is 3.39. The summed E-state index contributed by atoms with van der Waals surface area (Å²) in [6, 6.07) is 14.8. The Morgan fingerprint density at radius 3 is 2.44 bits per heavy atom. The predicted octanol–water partition coefficient (Wildman–Crippen LogP) is 5.45. The van der Waals surface area contributed by atoms with Crippen molar-refractivity contribution in [2.75, 3.05) is 20.2 Å². The Labute approximate surface area is 216 Å². The quantitative estimate of drug-likeness (QED) is 0.439. The molecule has 190 valence electrons. The smallest absolute Gasteiger partial charge is 0.271 e. The fourth-order valence-corrected chi connectivity index (χ4v) is 5.28. The lowest BCUT2D eigenvalue weighted by Crippen LogP contribution is -2.37. The van der Waals surface area contributed by atoms with Crippen LogP contribution in [0.1, 0.15) is 77.0 Å². The molecule has 36 heavy (non-hydrogen) atoms. The number of nitrogens with one attached hydrogen (secondary N) is 1. The highest BCUT2D eigenvalue weighted by atomic mass is 32.1. The van der Waals surface area contributed by atoms with E-state index in [-0.39, 0.29) is 29.9 Å². The summed E-state index contributed by atoms with van der Waals surface area (Å²) in [6.45, 7) is 7.23. The summed E-state index contributed by atoms with van der Waals surface area (Å²) in [5.41, 5.74) is 2.08. The molecule has 1 aliphatic heterocycles. The number of hydrogen-bond acceptors (Lipinski definition) is 6. The van der Waals surface area contributed by atoms with E-state index in [9.17, 15) is 9.59 Å². The molecule has 0 bridgehead atoms. The van der Waals surface area contributed by atoms with E-state index in [0.717, 1.165) is 34.9 Å². The maximum Gasteiger partial charge on any atom is 0.271 e. The molecule has 2 aromatic carbocycles. The number of hydrogen-bond donors (Lipinski definition) is 1. The number of carbonyl (C=O) groups is 2. The molecule has 1 unspecified atom stereocenters. The molecule has 0 saturated carbocycles. The van der Waals surface area contributed by atoms with Gasteiger partial charge in [-0.1, -0.05) is 12.1 Å². The van der Waals surface area contributed by atoms with Crippen molar-refractivity contribution in [3.63, 3.8) is 0 Å². The summed E-state index contributed by atoms with van der Waals surface area (Å²) in [5, 5.41) is 5.80. The monoisotopic (exact) mass is 507 g/mol. The molecular weight excluding hydrogens is 474 g/mol. The van der Waals surface area contributed by atoms with Gasteiger partial charge in [-0.25, -0.2) is 4.98 Å². The number of benzene rings is 2. The molecular formula is C28H33N3O4S. The Morgan fingerprint density at radius 2 is 1.78 bits per heavy atom. The molecule has 2 heterocycles. The summed E-state index contributed by atoms with van der Waals surface area (Å²) < 4.78 is 10.9. The second kappa shape index (κ2) is 11.6. The number of nitrogens with zero attached hydrogens (tertiary/aromatic N) is 2. The summed E-state index contributed by atoms with van der Waals surface area (Å²) >= 11 is 1.52. The first-order valence-corrected chi connectivity index (χ1v) is 13.2. The van der Waals surface area contributed by atoms with E-state index in [0.29, 0.717) is 24.3 Å². The number of piperidine rings is 1. The first kappa shape index (κ1) is 25.7. The zero-order valence-electron chi connectivity index (χ0n) is 21.2. The molecule has 1 aromatic heterocycles. The third-order valence-electron chi connectivity index (χ3n) is 6.30. The molecule has 1 N–H and O–H groups in total. The van der Waals surface area contributed by atoms with Crippen molar-refractivity contribution in [2.24, 2.45) is 0 Å². The standard InChI is InChI=1S/C28H33N3O4S/c1-18(2)35-23-10-8-21(9-11-23)28(33)31-14-12-20(13-15-31)27-30-25(17-36-27)26(32)29-19(3)22-6-5-7-24(16-22)34-4/h5-11,16-20H,12-15H2,1-4H3,(H,29,32). The highest BCUT2D eigenvalue weighted by Crippen LogP contribution is 2.31. The van der Waals surface area contributed by atoms with E-state index in [1.807, 2.05) is 79.6 Å². The van der Waals surface area contributed by atoms with E-state index in [2.05, 4.69) is 10.3 Å². The first-order chi connectivity index (χ1) is 17.3. The Balaban J connectivity index is 1.31. The number of ether oxygens (including phenoxy) is 2. The summed E-state index contributed by atoms with van der Waals surface area (Å²) in [7, 11) is 1.63. The highest BCUT2D eigenvalue weighted by Gasteiger charge is 2.27. The molecule has 2 amide bonds. The van der Waals surface area contributed by atoms with Crippen LogP contribution in [-0.2, 0) is 0 Å². The normalized spacial score (nSPS) is 15.0. The molecule has 8 heteroatoms. The third kappa shape index (κ3) is 6.23. The van der Waals surface area contributed by atoms with E-state index in [1.54, 1.807) is 7.11 Å². The zero-order chi connectivity index (χ0) is 25.7. The first-order valence-electron chi connectivity index (χ1n) is 12.3. The van der Waals surface area contributed by atoms with Crippen LogP contribution in [-0.4, -0.2) is 48.0 Å². The van der Waals surface area contributed by atoms with Gasteiger partial charge in [-0.15, -0.1) is 11.3 Å². The van der Waals surface area contributed by atoms with Gasteiger partial charge in [0.05, 0.1) is 24.3 Å². The average molecular weight is 508 g/mol. The number of methoxy groups -OCH3 is 1. The van der Waals surface area contributed by atoms with Gasteiger partial charge in [-0.05, 0) is 75.6 Å². The molecule has 4 rings (SSSR count). The van der Waals surface area contributed by atoms with Crippen molar-refractivity contribution < 1.29 is 19.1 Å². The minimum absolute atomic E-state index is 0.0373. The Morgan fingerprint density at radius 1 is 1.06 bits per heavy atom. The number of thiazole rings is 1. The van der Waals surface area contributed by atoms with E-state index < -0.39 is 0 Å². The second-order valence-corrected chi connectivity index (χ2v) is 10.2. The van der Waals surface area contributed by atoms with E-state index in [4.69, 9.17) is 9.47 Å². The molecule has 1 atom stereocenters. The van der Waals surface area contributed by atoms with Gasteiger partial charge in [0, 0.05) is 30.0 Å². The van der Waals surface area contributed by atoms with Crippen molar-refractivity contribution >= 4 is 23.2 Å². The van der Waals surface area contributed by atoms with Gasteiger partial charge in [-0.3, -0.25) is 9.59 Å². The number of amides is 2. The maximum absolute atomic E-state index is 12.9. The Kier molecular flexibility index (Phi) is 8.25. The van der Waals surface area contributed by atoms with Gasteiger partial charge in [-0.2, -0.15) is 0 Å². The van der Waals surface area contributed by atoms with Gasteiger partial charge < -0.3 is 19.7 Å². The summed E-state index contributed by atoms with van der Waals surface area (Å²) in [5.74, 6) is 1.62. The lowest BCUT2D eigenvalue weighted by Gasteiger charge is -2.31. The molecule has 3 aromatic rings. The van der Waals surface area contributed by atoms with Crippen LogP contribution in [0, 0.1) is 0 Å². The SMILES string of the molecule is COc1cccc(C(C)NC(=O)c2csc(C3CCN(C(=O)c4ccc(OC(C)C)cc4)CC3)n2)c1. The van der Waals surface area contributed by atoms with Crippen molar-refractivity contribution in [1.29, 1.82) is 0 Å². The lowest BCUT2D eigenvalue weighted by molar-refractivity contribution is 0.0713. The second-order valence-electron chi connectivity index (χ2n) is 9.30. The fourth-order valence-electron chi connectivity index (χ4n) is 4.30. The highest BCUT2D eigenvalue weighted by molar-refractivity contribution is 7.09. The minimum atomic E-state index is -0.190. The number of aromatic nitrogens is 1. The third-order valence-corrected chi connectivity index (χ3v) is 7.31. The predicted molar refractivity (Wildman–Crippen MR) is 141 cm³/mol. The maximum atomic E-state index is 12.9. The van der Waals surface area contributed by atoms with Crippen molar-refractivity contribution in [3.8, 4) is 11.5 Å². The van der Waals surface area contributed by atoms with Crippen LogP contribution in [0.15, 0.2) is 53.9 Å². The topological polar surface area (TPSA) is 80.8 Å². The van der Waals surface area contributed by atoms with Crippen LogP contribution >= 0.6 is 11.3 Å². The summed E-state index contributed by atoms with van der Waals surface area (Å²) in [6.07, 6.45) is 1.75. The zero-order valence-corrected chi connectivity index (χ0v) is 22.0. The van der Waals surface area contributed by atoms with Crippen LogP contribution in [0.5, 0.6) is 11.5 Å². The van der Waals surface area contributed by atoms with Gasteiger partial charge in [0.2, 0.25) is 0 Å². The van der Waals surface area contributed by atoms with E-state index in [1.165, 1.54) is 11.3 Å². The van der Waals surface area contributed by atoms with E-state index >= 15 is 0 Å². The molecule has 1 saturated heterocycles. The van der Waals surface area contributed by atoms with Gasteiger partial charge in [0.25, 0.3) is 11.8 Å². The Bertz CT molecular complexity index is 1180. The molecule has 1 fully saturated rings.